The summed E-state index contributed by atoms with van der Waals surface area (Å²) in [6.07, 6.45) is -1.75. The molecule has 0 heterocycles. The minimum Gasteiger partial charge on any atom is -0.507 e. The number of Topliss-reactive ketones (excluding diaryl/α,β-unsaturated/α-hetero) is 4. The van der Waals surface area contributed by atoms with Crippen molar-refractivity contribution in [1.82, 2.24) is 4.90 Å². The zero-order chi connectivity index (χ0) is 23.9. The molecule has 3 aliphatic rings. The maximum atomic E-state index is 13.5. The lowest BCUT2D eigenvalue weighted by atomic mass is 9.52. The van der Waals surface area contributed by atoms with E-state index in [1.807, 2.05) is 0 Å². The molecule has 3 aliphatic carbocycles. The molecule has 0 aromatic heterocycles. The van der Waals surface area contributed by atoms with Crippen molar-refractivity contribution in [2.75, 3.05) is 14.1 Å². The van der Waals surface area contributed by atoms with Crippen LogP contribution in [0.3, 0.4) is 0 Å². The Morgan fingerprint density at radius 1 is 1.19 bits per heavy atom. The molecule has 2 saturated carbocycles. The fourth-order valence-corrected chi connectivity index (χ4v) is 5.87. The number of benzene rings is 1. The predicted molar refractivity (Wildman–Crippen MR) is 108 cm³/mol. The van der Waals surface area contributed by atoms with Crippen LogP contribution in [0.2, 0.25) is 5.02 Å². The molecular weight excluding hydrogens is 444 g/mol. The van der Waals surface area contributed by atoms with Crippen molar-refractivity contribution in [1.29, 1.82) is 0 Å². The van der Waals surface area contributed by atoms with E-state index in [4.69, 9.17) is 17.3 Å². The number of rotatable bonds is 2. The predicted octanol–water partition coefficient (Wildman–Crippen LogP) is -0.989. The second-order valence-electron chi connectivity index (χ2n) is 8.79. The van der Waals surface area contributed by atoms with Crippen LogP contribution in [0.25, 0.3) is 0 Å². The summed E-state index contributed by atoms with van der Waals surface area (Å²) in [6, 6.07) is 1.18. The summed E-state index contributed by atoms with van der Waals surface area (Å²) in [6.45, 7) is 0. The van der Waals surface area contributed by atoms with Gasteiger partial charge in [0.05, 0.1) is 23.6 Å². The summed E-state index contributed by atoms with van der Waals surface area (Å²) in [4.78, 5) is 66.1. The smallest absolute Gasteiger partial charge is 0.235 e. The minimum absolute atomic E-state index is 0.000803. The first-order chi connectivity index (χ1) is 14.8. The second-order valence-corrected chi connectivity index (χ2v) is 9.20. The number of nitrogens with two attached hydrogens (primary N) is 1. The summed E-state index contributed by atoms with van der Waals surface area (Å²) >= 11 is 6.16. The zero-order valence-corrected chi connectivity index (χ0v) is 17.9. The van der Waals surface area contributed by atoms with Gasteiger partial charge in [0, 0.05) is 22.4 Å². The van der Waals surface area contributed by atoms with E-state index in [2.05, 4.69) is 0 Å². The van der Waals surface area contributed by atoms with Gasteiger partial charge in [-0.1, -0.05) is 11.6 Å². The summed E-state index contributed by atoms with van der Waals surface area (Å²) in [7, 11) is 2.94. The molecule has 7 atom stereocenters. The van der Waals surface area contributed by atoms with Gasteiger partial charge in [-0.3, -0.25) is 28.9 Å². The Balaban J connectivity index is 1.93. The van der Waals surface area contributed by atoms with Gasteiger partial charge in [-0.2, -0.15) is 0 Å². The number of halogens is 1. The molecule has 0 radical (unpaired) electrons. The fourth-order valence-electron chi connectivity index (χ4n) is 5.60. The van der Waals surface area contributed by atoms with E-state index in [0.29, 0.717) is 0 Å². The number of nitrogens with zero attached hydrogens (tertiary/aromatic N) is 1. The van der Waals surface area contributed by atoms with Gasteiger partial charge in [0.2, 0.25) is 5.91 Å². The van der Waals surface area contributed by atoms with Gasteiger partial charge in [-0.15, -0.1) is 0 Å². The van der Waals surface area contributed by atoms with Crippen LogP contribution >= 0.6 is 11.6 Å². The summed E-state index contributed by atoms with van der Waals surface area (Å²) in [5, 5.41) is 32.6. The van der Waals surface area contributed by atoms with E-state index in [0.717, 1.165) is 6.07 Å². The van der Waals surface area contributed by atoms with Gasteiger partial charge in [-0.05, 0) is 32.6 Å². The molecule has 10 nitrogen and oxygen atoms in total. The molecule has 0 aliphatic heterocycles. The van der Waals surface area contributed by atoms with E-state index in [9.17, 15) is 39.3 Å². The maximum absolute atomic E-state index is 13.5. The quantitative estimate of drug-likeness (QED) is 0.400. The number of fused-ring (bicyclic) bond motifs is 3. The second kappa shape index (κ2) is 7.17. The molecule has 0 bridgehead atoms. The Morgan fingerprint density at radius 3 is 2.38 bits per heavy atom. The molecule has 4 rings (SSSR count). The number of hydrogen-bond acceptors (Lipinski definition) is 9. The number of phenolic OH excluding ortho intramolecular Hbond substituents is 1. The van der Waals surface area contributed by atoms with Crippen molar-refractivity contribution in [3.63, 3.8) is 0 Å². The maximum Gasteiger partial charge on any atom is 0.235 e. The standard InChI is InChI=1S/C21H21ClN2O8/c1-24(2)14-7-5-6-10(16(27)12-9(25)4-3-8(22)11(12)15(6)26)18(29)21(7,32)19(30)13(17(14)28)20(23)31/h3-4,6-7,10,13-15,25-26,32H,5H2,1-2H3,(H2,23,31)/t6?,7?,10?,13?,14-,15-,21-/m0/s1. The van der Waals surface area contributed by atoms with Crippen molar-refractivity contribution in [2.24, 2.45) is 29.4 Å². The highest BCUT2D eigenvalue weighted by Crippen LogP contribution is 2.54. The van der Waals surface area contributed by atoms with Crippen LogP contribution in [0.15, 0.2) is 12.1 Å². The number of carbonyl (C=O) groups excluding carboxylic acids is 5. The van der Waals surface area contributed by atoms with E-state index >= 15 is 0 Å². The van der Waals surface area contributed by atoms with Crippen molar-refractivity contribution in [3.8, 4) is 5.75 Å². The highest BCUT2D eigenvalue weighted by Gasteiger charge is 2.70. The molecule has 32 heavy (non-hydrogen) atoms. The lowest BCUT2D eigenvalue weighted by molar-refractivity contribution is -0.184. The molecule has 2 fully saturated rings. The Kier molecular flexibility index (Phi) is 5.05. The van der Waals surface area contributed by atoms with Crippen LogP contribution in [0.4, 0.5) is 0 Å². The molecular formula is C21H21ClN2O8. The van der Waals surface area contributed by atoms with Crippen molar-refractivity contribution < 1.29 is 39.3 Å². The lowest BCUT2D eigenvalue weighted by Crippen LogP contribution is -2.74. The molecule has 0 spiro atoms. The number of aliphatic hydroxyl groups is 2. The van der Waals surface area contributed by atoms with Crippen LogP contribution in [0.1, 0.15) is 28.4 Å². The van der Waals surface area contributed by atoms with Gasteiger partial charge < -0.3 is 21.1 Å². The molecule has 1 aromatic rings. The molecule has 0 saturated heterocycles. The number of amides is 1. The third kappa shape index (κ3) is 2.67. The van der Waals surface area contributed by atoms with Crippen LogP contribution < -0.4 is 5.73 Å². The van der Waals surface area contributed by atoms with Crippen LogP contribution in [0.5, 0.6) is 5.75 Å². The van der Waals surface area contributed by atoms with Crippen molar-refractivity contribution in [2.45, 2.75) is 24.2 Å². The van der Waals surface area contributed by atoms with E-state index < -0.39 is 76.2 Å². The summed E-state index contributed by atoms with van der Waals surface area (Å²) in [5.41, 5.74) is 1.98. The fraction of sp³-hybridized carbons (Fsp3) is 0.476. The Hall–Kier alpha value is -2.66. The summed E-state index contributed by atoms with van der Waals surface area (Å²) < 4.78 is 0. The van der Waals surface area contributed by atoms with Crippen molar-refractivity contribution in [3.05, 3.63) is 28.3 Å². The molecule has 1 aromatic carbocycles. The number of aromatic hydroxyl groups is 1. The lowest BCUT2D eigenvalue weighted by Gasteiger charge is -2.53. The number of likely N-dealkylation sites (N-methyl/N-ethyl adjacent to an activating group) is 1. The SMILES string of the molecule is CN(C)[C@@H]1C(=O)C(C(N)=O)C(=O)[C@@]2(O)C(=O)C3C(=O)c4c(O)ccc(Cl)c4[C@@H](O)C3CC12. The molecule has 1 amide bonds. The van der Waals surface area contributed by atoms with Gasteiger partial charge in [0.1, 0.15) is 5.75 Å². The Bertz CT molecular complexity index is 1100. The highest BCUT2D eigenvalue weighted by molar-refractivity contribution is 6.34. The molecule has 5 N–H and O–H groups in total. The molecule has 170 valence electrons. The first-order valence-corrected chi connectivity index (χ1v) is 10.3. The summed E-state index contributed by atoms with van der Waals surface area (Å²) in [5.74, 6) is -12.4. The van der Waals surface area contributed by atoms with Gasteiger partial charge in [-0.25, -0.2) is 0 Å². The zero-order valence-electron chi connectivity index (χ0n) is 17.1. The third-order valence-electron chi connectivity index (χ3n) is 6.99. The van der Waals surface area contributed by atoms with Gasteiger partial charge in [0.15, 0.2) is 34.7 Å². The largest absolute Gasteiger partial charge is 0.507 e. The number of ketones is 4. The normalized spacial score (nSPS) is 36.6. The average Bonchev–Trinajstić information content (AvgIpc) is 2.69. The number of carbonyl (C=O) groups is 5. The number of hydrogen-bond donors (Lipinski definition) is 4. The monoisotopic (exact) mass is 464 g/mol. The van der Waals surface area contributed by atoms with Crippen molar-refractivity contribution >= 4 is 40.6 Å². The molecule has 4 unspecified atom stereocenters. The average molecular weight is 465 g/mol. The van der Waals surface area contributed by atoms with Gasteiger partial charge >= 0.3 is 0 Å². The van der Waals surface area contributed by atoms with E-state index in [1.54, 1.807) is 0 Å². The Labute approximate surface area is 186 Å². The third-order valence-corrected chi connectivity index (χ3v) is 7.31. The van der Waals surface area contributed by atoms with Crippen LogP contribution in [-0.4, -0.2) is 75.0 Å². The van der Waals surface area contributed by atoms with Crippen LogP contribution in [-0.2, 0) is 19.2 Å². The van der Waals surface area contributed by atoms with Crippen LogP contribution in [0, 0.1) is 23.7 Å². The first-order valence-electron chi connectivity index (χ1n) is 9.89. The Morgan fingerprint density at radius 2 is 1.81 bits per heavy atom. The first kappa shape index (κ1) is 22.5. The highest BCUT2D eigenvalue weighted by atomic mass is 35.5. The number of primary amides is 1. The topological polar surface area (TPSA) is 175 Å². The molecule has 11 heteroatoms. The minimum atomic E-state index is -2.84. The van der Waals surface area contributed by atoms with Gasteiger partial charge in [0.25, 0.3) is 0 Å². The van der Waals surface area contributed by atoms with E-state index in [-0.39, 0.29) is 22.6 Å². The number of aliphatic hydroxyl groups excluding tert-OH is 1. The van der Waals surface area contributed by atoms with E-state index in [1.165, 1.54) is 25.1 Å². The number of phenols is 1.